The average molecular weight is 248 g/mol. The summed E-state index contributed by atoms with van der Waals surface area (Å²) in [6.45, 7) is 7.98. The monoisotopic (exact) mass is 248 g/mol. The van der Waals surface area contributed by atoms with E-state index < -0.39 is 0 Å². The number of nitrogens with zero attached hydrogens (tertiary/aromatic N) is 1. The van der Waals surface area contributed by atoms with Gasteiger partial charge in [-0.1, -0.05) is 32.9 Å². The Morgan fingerprint density at radius 2 is 2.17 bits per heavy atom. The van der Waals surface area contributed by atoms with E-state index in [-0.39, 0.29) is 17.9 Å². The molecule has 0 aliphatic carbocycles. The number of carbonyl (C=O) groups is 1. The van der Waals surface area contributed by atoms with Crippen LogP contribution in [0.25, 0.3) is 0 Å². The van der Waals surface area contributed by atoms with E-state index in [0.29, 0.717) is 13.2 Å². The van der Waals surface area contributed by atoms with Gasteiger partial charge in [-0.15, -0.1) is 0 Å². The third-order valence-electron chi connectivity index (χ3n) is 3.10. The number of primary amides is 1. The zero-order valence-electron chi connectivity index (χ0n) is 11.2. The number of rotatable bonds is 2. The fraction of sp³-hybridized carbons (Fsp3) is 0.500. The topological polar surface area (TPSA) is 55.6 Å². The molecule has 4 nitrogen and oxygen atoms in total. The molecular weight excluding hydrogens is 228 g/mol. The summed E-state index contributed by atoms with van der Waals surface area (Å²) in [5.41, 5.74) is 7.42. The van der Waals surface area contributed by atoms with Crippen LogP contribution in [0.5, 0.6) is 5.75 Å². The van der Waals surface area contributed by atoms with Crippen molar-refractivity contribution in [2.75, 3.05) is 24.6 Å². The van der Waals surface area contributed by atoms with E-state index in [9.17, 15) is 4.79 Å². The predicted octanol–water partition coefficient (Wildman–Crippen LogP) is 1.67. The Labute approximate surface area is 108 Å². The molecule has 0 spiro atoms. The summed E-state index contributed by atoms with van der Waals surface area (Å²) in [5.74, 6) is 0.571. The quantitative estimate of drug-likeness (QED) is 0.866. The van der Waals surface area contributed by atoms with Crippen LogP contribution in [-0.4, -0.2) is 25.6 Å². The van der Waals surface area contributed by atoms with Crippen LogP contribution in [0, 0.1) is 0 Å². The molecule has 98 valence electrons. The van der Waals surface area contributed by atoms with Gasteiger partial charge in [0.2, 0.25) is 5.91 Å². The molecule has 0 bridgehead atoms. The average Bonchev–Trinajstić information content (AvgIpc) is 2.26. The minimum absolute atomic E-state index is 0.0150. The molecule has 1 heterocycles. The summed E-state index contributed by atoms with van der Waals surface area (Å²) in [6.07, 6.45) is 0. The first kappa shape index (κ1) is 12.7. The third kappa shape index (κ3) is 2.42. The number of hydrogen-bond acceptors (Lipinski definition) is 3. The summed E-state index contributed by atoms with van der Waals surface area (Å²) in [6, 6.07) is 6.06. The highest BCUT2D eigenvalue weighted by Gasteiger charge is 2.26. The van der Waals surface area contributed by atoms with Crippen molar-refractivity contribution in [2.24, 2.45) is 5.73 Å². The van der Waals surface area contributed by atoms with Crippen LogP contribution in [0.3, 0.4) is 0 Å². The Balaban J connectivity index is 2.44. The molecule has 2 rings (SSSR count). The van der Waals surface area contributed by atoms with E-state index >= 15 is 0 Å². The molecule has 4 heteroatoms. The molecule has 1 aliphatic heterocycles. The number of fused-ring (bicyclic) bond motifs is 1. The Morgan fingerprint density at radius 1 is 1.44 bits per heavy atom. The summed E-state index contributed by atoms with van der Waals surface area (Å²) in [4.78, 5) is 13.1. The minimum Gasteiger partial charge on any atom is -0.489 e. The van der Waals surface area contributed by atoms with Gasteiger partial charge in [0.1, 0.15) is 12.4 Å². The molecule has 1 aromatic carbocycles. The van der Waals surface area contributed by atoms with Crippen LogP contribution < -0.4 is 15.4 Å². The highest BCUT2D eigenvalue weighted by molar-refractivity contribution is 5.81. The van der Waals surface area contributed by atoms with Crippen molar-refractivity contribution < 1.29 is 9.53 Å². The van der Waals surface area contributed by atoms with Gasteiger partial charge in [-0.25, -0.2) is 0 Å². The van der Waals surface area contributed by atoms with Gasteiger partial charge in [0.15, 0.2) is 0 Å². The summed E-state index contributed by atoms with van der Waals surface area (Å²) in [5, 5.41) is 0. The molecule has 0 aromatic heterocycles. The highest BCUT2D eigenvalue weighted by atomic mass is 16.5. The molecule has 0 saturated heterocycles. The van der Waals surface area contributed by atoms with E-state index in [1.54, 1.807) is 0 Å². The van der Waals surface area contributed by atoms with Crippen LogP contribution in [0.1, 0.15) is 26.3 Å². The van der Waals surface area contributed by atoms with Crippen molar-refractivity contribution in [2.45, 2.75) is 26.2 Å². The van der Waals surface area contributed by atoms with Gasteiger partial charge in [-0.2, -0.15) is 0 Å². The van der Waals surface area contributed by atoms with Gasteiger partial charge in [-0.05, 0) is 11.5 Å². The Hall–Kier alpha value is -1.71. The Kier molecular flexibility index (Phi) is 3.20. The molecule has 1 aromatic rings. The molecule has 0 saturated carbocycles. The standard InChI is InChI=1S/C14H20N2O2/c1-14(2,3)10-5-4-6-11-13(10)18-8-7-16(11)9-12(15)17/h4-6H,7-9H2,1-3H3,(H2,15,17). The maximum absolute atomic E-state index is 11.1. The van der Waals surface area contributed by atoms with E-state index in [0.717, 1.165) is 17.0 Å². The van der Waals surface area contributed by atoms with E-state index in [1.807, 2.05) is 17.0 Å². The first-order chi connectivity index (χ1) is 8.39. The molecule has 0 radical (unpaired) electrons. The van der Waals surface area contributed by atoms with Crippen molar-refractivity contribution in [1.29, 1.82) is 0 Å². The summed E-state index contributed by atoms with van der Waals surface area (Å²) >= 11 is 0. The van der Waals surface area contributed by atoms with Crippen LogP contribution in [-0.2, 0) is 10.2 Å². The smallest absolute Gasteiger partial charge is 0.236 e. The lowest BCUT2D eigenvalue weighted by Gasteiger charge is -2.34. The van der Waals surface area contributed by atoms with Crippen molar-refractivity contribution in [1.82, 2.24) is 0 Å². The maximum atomic E-state index is 11.1. The number of amides is 1. The van der Waals surface area contributed by atoms with Crippen LogP contribution in [0.15, 0.2) is 18.2 Å². The van der Waals surface area contributed by atoms with Crippen LogP contribution >= 0.6 is 0 Å². The van der Waals surface area contributed by atoms with Crippen LogP contribution in [0.4, 0.5) is 5.69 Å². The SMILES string of the molecule is CC(C)(C)c1cccc2c1OCCN2CC(N)=O. The van der Waals surface area contributed by atoms with E-state index in [1.165, 1.54) is 0 Å². The largest absolute Gasteiger partial charge is 0.489 e. The molecule has 1 amide bonds. The normalized spacial score (nSPS) is 14.9. The Morgan fingerprint density at radius 3 is 2.78 bits per heavy atom. The molecule has 0 unspecified atom stereocenters. The number of hydrogen-bond donors (Lipinski definition) is 1. The summed E-state index contributed by atoms with van der Waals surface area (Å²) < 4.78 is 5.80. The zero-order valence-corrected chi connectivity index (χ0v) is 11.2. The number of anilines is 1. The second-order valence-electron chi connectivity index (χ2n) is 5.64. The van der Waals surface area contributed by atoms with Gasteiger partial charge in [0.25, 0.3) is 0 Å². The first-order valence-corrected chi connectivity index (χ1v) is 6.19. The van der Waals surface area contributed by atoms with E-state index in [4.69, 9.17) is 10.5 Å². The molecular formula is C14H20N2O2. The maximum Gasteiger partial charge on any atom is 0.236 e. The molecule has 0 fully saturated rings. The number of nitrogens with two attached hydrogens (primary N) is 1. The second kappa shape index (κ2) is 4.52. The Bertz CT molecular complexity index is 463. The molecule has 18 heavy (non-hydrogen) atoms. The number of carbonyl (C=O) groups excluding carboxylic acids is 1. The number of para-hydroxylation sites is 1. The van der Waals surface area contributed by atoms with Gasteiger partial charge in [0.05, 0.1) is 18.8 Å². The lowest BCUT2D eigenvalue weighted by atomic mass is 9.85. The number of benzene rings is 1. The van der Waals surface area contributed by atoms with Crippen molar-refractivity contribution >= 4 is 11.6 Å². The molecule has 0 atom stereocenters. The highest BCUT2D eigenvalue weighted by Crippen LogP contribution is 2.40. The minimum atomic E-state index is -0.316. The van der Waals surface area contributed by atoms with Gasteiger partial charge in [-0.3, -0.25) is 4.79 Å². The fourth-order valence-corrected chi connectivity index (χ4v) is 2.25. The lowest BCUT2D eigenvalue weighted by molar-refractivity contribution is -0.116. The lowest BCUT2D eigenvalue weighted by Crippen LogP contribution is -2.39. The van der Waals surface area contributed by atoms with Gasteiger partial charge < -0.3 is 15.4 Å². The van der Waals surface area contributed by atoms with Gasteiger partial charge in [0, 0.05) is 5.56 Å². The molecule has 1 aliphatic rings. The molecule has 2 N–H and O–H groups in total. The number of ether oxygens (including phenoxy) is 1. The predicted molar refractivity (Wildman–Crippen MR) is 72.0 cm³/mol. The fourth-order valence-electron chi connectivity index (χ4n) is 2.25. The van der Waals surface area contributed by atoms with Crippen molar-refractivity contribution in [3.05, 3.63) is 23.8 Å². The van der Waals surface area contributed by atoms with E-state index in [2.05, 4.69) is 26.8 Å². The zero-order chi connectivity index (χ0) is 13.3. The first-order valence-electron chi connectivity index (χ1n) is 6.19. The van der Waals surface area contributed by atoms with Gasteiger partial charge >= 0.3 is 0 Å². The summed E-state index contributed by atoms with van der Waals surface area (Å²) in [7, 11) is 0. The van der Waals surface area contributed by atoms with Crippen molar-refractivity contribution in [3.63, 3.8) is 0 Å². The van der Waals surface area contributed by atoms with Crippen LogP contribution in [0.2, 0.25) is 0 Å². The third-order valence-corrected chi connectivity index (χ3v) is 3.10. The van der Waals surface area contributed by atoms with Crippen molar-refractivity contribution in [3.8, 4) is 5.75 Å². The second-order valence-corrected chi connectivity index (χ2v) is 5.64.